The van der Waals surface area contributed by atoms with E-state index in [0.717, 1.165) is 19.3 Å². The van der Waals surface area contributed by atoms with E-state index in [-0.39, 0.29) is 24.3 Å². The highest BCUT2D eigenvalue weighted by atomic mass is 16.5. The average Bonchev–Trinajstić information content (AvgIpc) is 3.35. The number of ether oxygens (including phenoxy) is 1. The standard InChI is InChI=1S/C20H26N4O4/c1-3-11-21-18(25)13-17-22-19(28-23-17)15-9-7-12-24(15)20(26)14-8-5-6-10-16(14)27-4-2/h5-6,8,10,15H,3-4,7,9,11-13H2,1-2H3,(H,21,25). The van der Waals surface area contributed by atoms with E-state index in [1.165, 1.54) is 0 Å². The molecule has 8 nitrogen and oxygen atoms in total. The van der Waals surface area contributed by atoms with Gasteiger partial charge < -0.3 is 19.5 Å². The van der Waals surface area contributed by atoms with E-state index in [0.29, 0.717) is 42.7 Å². The van der Waals surface area contributed by atoms with E-state index < -0.39 is 0 Å². The maximum absolute atomic E-state index is 13.1. The SMILES string of the molecule is CCCNC(=O)Cc1noc(C2CCCN2C(=O)c2ccccc2OCC)n1. The first-order valence-corrected chi connectivity index (χ1v) is 9.76. The third-order valence-corrected chi connectivity index (χ3v) is 4.59. The van der Waals surface area contributed by atoms with Crippen LogP contribution in [-0.4, -0.2) is 46.6 Å². The van der Waals surface area contributed by atoms with Crippen molar-refractivity contribution < 1.29 is 18.8 Å². The van der Waals surface area contributed by atoms with Gasteiger partial charge in [0.2, 0.25) is 11.8 Å². The Morgan fingerprint density at radius 2 is 2.14 bits per heavy atom. The lowest BCUT2D eigenvalue weighted by Crippen LogP contribution is -2.31. The molecule has 1 aliphatic rings. The number of nitrogens with one attached hydrogen (secondary N) is 1. The number of para-hydroxylation sites is 1. The summed E-state index contributed by atoms with van der Waals surface area (Å²) < 4.78 is 11.0. The topological polar surface area (TPSA) is 97.6 Å². The number of benzene rings is 1. The molecule has 0 radical (unpaired) electrons. The third-order valence-electron chi connectivity index (χ3n) is 4.59. The summed E-state index contributed by atoms with van der Waals surface area (Å²) in [5.41, 5.74) is 0.523. The second kappa shape index (κ2) is 9.34. The fraction of sp³-hybridized carbons (Fsp3) is 0.500. The average molecular weight is 386 g/mol. The number of amides is 2. The first-order valence-electron chi connectivity index (χ1n) is 9.76. The van der Waals surface area contributed by atoms with E-state index >= 15 is 0 Å². The fourth-order valence-corrected chi connectivity index (χ4v) is 3.29. The number of likely N-dealkylation sites (tertiary alicyclic amines) is 1. The quantitative estimate of drug-likeness (QED) is 0.749. The van der Waals surface area contributed by atoms with Crippen molar-refractivity contribution in [2.75, 3.05) is 19.7 Å². The third kappa shape index (κ3) is 4.49. The molecule has 0 saturated carbocycles. The highest BCUT2D eigenvalue weighted by molar-refractivity contribution is 5.97. The molecule has 2 amide bonds. The Morgan fingerprint density at radius 3 is 2.93 bits per heavy atom. The van der Waals surface area contributed by atoms with Crippen LogP contribution in [-0.2, 0) is 11.2 Å². The van der Waals surface area contributed by atoms with Crippen LogP contribution in [0, 0.1) is 0 Å². The van der Waals surface area contributed by atoms with Crippen molar-refractivity contribution in [3.05, 3.63) is 41.5 Å². The number of rotatable bonds is 8. The molecule has 1 aromatic heterocycles. The fourth-order valence-electron chi connectivity index (χ4n) is 3.29. The summed E-state index contributed by atoms with van der Waals surface area (Å²) >= 11 is 0. The summed E-state index contributed by atoms with van der Waals surface area (Å²) in [7, 11) is 0. The molecule has 28 heavy (non-hydrogen) atoms. The van der Waals surface area contributed by atoms with E-state index in [9.17, 15) is 9.59 Å². The van der Waals surface area contributed by atoms with Gasteiger partial charge in [-0.25, -0.2) is 0 Å². The minimum atomic E-state index is -0.290. The first kappa shape index (κ1) is 19.9. The van der Waals surface area contributed by atoms with Crippen LogP contribution in [0.3, 0.4) is 0 Å². The molecule has 1 N–H and O–H groups in total. The van der Waals surface area contributed by atoms with Crippen LogP contribution >= 0.6 is 0 Å². The Morgan fingerprint density at radius 1 is 1.32 bits per heavy atom. The second-order valence-corrected chi connectivity index (χ2v) is 6.66. The smallest absolute Gasteiger partial charge is 0.258 e. The van der Waals surface area contributed by atoms with Gasteiger partial charge in [-0.2, -0.15) is 4.98 Å². The van der Waals surface area contributed by atoms with Gasteiger partial charge in [-0.1, -0.05) is 24.2 Å². The van der Waals surface area contributed by atoms with Crippen molar-refractivity contribution in [2.24, 2.45) is 0 Å². The Hall–Kier alpha value is -2.90. The van der Waals surface area contributed by atoms with Gasteiger partial charge in [-0.05, 0) is 38.3 Å². The van der Waals surface area contributed by atoms with Gasteiger partial charge >= 0.3 is 0 Å². The van der Waals surface area contributed by atoms with Crippen LogP contribution in [0.5, 0.6) is 5.75 Å². The van der Waals surface area contributed by atoms with Crippen molar-refractivity contribution in [3.8, 4) is 5.75 Å². The highest BCUT2D eigenvalue weighted by Gasteiger charge is 2.35. The van der Waals surface area contributed by atoms with Gasteiger partial charge in [0.1, 0.15) is 11.8 Å². The van der Waals surface area contributed by atoms with Crippen molar-refractivity contribution in [1.29, 1.82) is 0 Å². The van der Waals surface area contributed by atoms with E-state index in [4.69, 9.17) is 9.26 Å². The van der Waals surface area contributed by atoms with E-state index in [1.54, 1.807) is 17.0 Å². The largest absolute Gasteiger partial charge is 0.493 e. The lowest BCUT2D eigenvalue weighted by molar-refractivity contribution is -0.120. The minimum Gasteiger partial charge on any atom is -0.493 e. The maximum Gasteiger partial charge on any atom is 0.258 e. The van der Waals surface area contributed by atoms with Crippen LogP contribution in [0.2, 0.25) is 0 Å². The van der Waals surface area contributed by atoms with Gasteiger partial charge in [0.05, 0.1) is 18.6 Å². The Bertz CT molecular complexity index is 820. The number of carbonyl (C=O) groups is 2. The molecule has 2 aromatic rings. The number of aromatic nitrogens is 2. The number of nitrogens with zero attached hydrogens (tertiary/aromatic N) is 3. The second-order valence-electron chi connectivity index (χ2n) is 6.66. The highest BCUT2D eigenvalue weighted by Crippen LogP contribution is 2.33. The summed E-state index contributed by atoms with van der Waals surface area (Å²) in [6.45, 7) is 5.59. The van der Waals surface area contributed by atoms with Crippen LogP contribution in [0.4, 0.5) is 0 Å². The lowest BCUT2D eigenvalue weighted by atomic mass is 10.1. The maximum atomic E-state index is 13.1. The Labute approximate surface area is 164 Å². The monoisotopic (exact) mass is 386 g/mol. The summed E-state index contributed by atoms with van der Waals surface area (Å²) in [6.07, 6.45) is 2.52. The van der Waals surface area contributed by atoms with Crippen molar-refractivity contribution in [3.63, 3.8) is 0 Å². The molecule has 150 valence electrons. The minimum absolute atomic E-state index is 0.0668. The molecule has 3 rings (SSSR count). The molecule has 1 saturated heterocycles. The van der Waals surface area contributed by atoms with Gasteiger partial charge in [-0.3, -0.25) is 9.59 Å². The zero-order valence-corrected chi connectivity index (χ0v) is 16.3. The van der Waals surface area contributed by atoms with E-state index in [2.05, 4.69) is 15.5 Å². The molecule has 8 heteroatoms. The van der Waals surface area contributed by atoms with Crippen LogP contribution in [0.25, 0.3) is 0 Å². The van der Waals surface area contributed by atoms with E-state index in [1.807, 2.05) is 26.0 Å². The summed E-state index contributed by atoms with van der Waals surface area (Å²) in [5.74, 6) is 1.02. The lowest BCUT2D eigenvalue weighted by Gasteiger charge is -2.23. The van der Waals surface area contributed by atoms with Crippen LogP contribution in [0.15, 0.2) is 28.8 Å². The normalized spacial score (nSPS) is 16.2. The predicted octanol–water partition coefficient (Wildman–Crippen LogP) is 2.51. The molecule has 0 aliphatic carbocycles. The first-order chi connectivity index (χ1) is 13.6. The molecular weight excluding hydrogens is 360 g/mol. The molecule has 1 aromatic carbocycles. The van der Waals surface area contributed by atoms with Gasteiger partial charge in [0.15, 0.2) is 5.82 Å². The number of carbonyl (C=O) groups excluding carboxylic acids is 2. The summed E-state index contributed by atoms with van der Waals surface area (Å²) in [4.78, 5) is 31.1. The Balaban J connectivity index is 1.73. The molecule has 0 spiro atoms. The molecule has 1 aliphatic heterocycles. The Kier molecular flexibility index (Phi) is 6.62. The predicted molar refractivity (Wildman–Crippen MR) is 102 cm³/mol. The molecule has 1 fully saturated rings. The van der Waals surface area contributed by atoms with Crippen molar-refractivity contribution in [2.45, 2.75) is 45.6 Å². The van der Waals surface area contributed by atoms with Gasteiger partial charge in [-0.15, -0.1) is 0 Å². The molecule has 1 atom stereocenters. The zero-order chi connectivity index (χ0) is 19.9. The molecule has 1 unspecified atom stereocenters. The molecule has 2 heterocycles. The number of hydrogen-bond acceptors (Lipinski definition) is 6. The number of hydrogen-bond donors (Lipinski definition) is 1. The van der Waals surface area contributed by atoms with Gasteiger partial charge in [0.25, 0.3) is 5.91 Å². The summed E-state index contributed by atoms with van der Waals surface area (Å²) in [5, 5.41) is 6.70. The molecule has 0 bridgehead atoms. The summed E-state index contributed by atoms with van der Waals surface area (Å²) in [6, 6.07) is 6.93. The molecular formula is C20H26N4O4. The zero-order valence-electron chi connectivity index (χ0n) is 16.3. The van der Waals surface area contributed by atoms with Gasteiger partial charge in [0, 0.05) is 13.1 Å². The van der Waals surface area contributed by atoms with Crippen LogP contribution in [0.1, 0.15) is 61.2 Å². The van der Waals surface area contributed by atoms with Crippen LogP contribution < -0.4 is 10.1 Å². The van der Waals surface area contributed by atoms with Crippen molar-refractivity contribution in [1.82, 2.24) is 20.4 Å². The van der Waals surface area contributed by atoms with Crippen molar-refractivity contribution >= 4 is 11.8 Å².